The third-order valence-electron chi connectivity index (χ3n) is 1.36. The van der Waals surface area contributed by atoms with E-state index < -0.39 is 28.0 Å². The molecule has 0 radical (unpaired) electrons. The van der Waals surface area contributed by atoms with Crippen LogP contribution in [0.5, 0.6) is 0 Å². The molecule has 0 heterocycles. The number of aliphatic hydroxyl groups excluding tert-OH is 2. The molecule has 0 amide bonds. The van der Waals surface area contributed by atoms with E-state index in [0.29, 0.717) is 0 Å². The van der Waals surface area contributed by atoms with E-state index in [0.717, 1.165) is 0 Å². The Morgan fingerprint density at radius 1 is 1.40 bits per heavy atom. The molecule has 0 rings (SSSR count). The van der Waals surface area contributed by atoms with Gasteiger partial charge in [-0.25, -0.2) is 13.6 Å². The Morgan fingerprint density at radius 2 is 1.70 bits per heavy atom. The van der Waals surface area contributed by atoms with Crippen LogP contribution in [0, 0.1) is 0 Å². The van der Waals surface area contributed by atoms with Crippen LogP contribution in [-0.4, -0.2) is 36.6 Å². The van der Waals surface area contributed by atoms with Gasteiger partial charge in [0.05, 0.1) is 13.2 Å². The van der Waals surface area contributed by atoms with Gasteiger partial charge in [0.25, 0.3) is 0 Å². The van der Waals surface area contributed by atoms with Crippen LogP contribution in [0.25, 0.3) is 0 Å². The summed E-state index contributed by atoms with van der Waals surface area (Å²) in [7, 11) is -3.86. The van der Waals surface area contributed by atoms with E-state index in [9.17, 15) is 8.42 Å². The summed E-state index contributed by atoms with van der Waals surface area (Å²) in [6.07, 6.45) is 0. The second-order valence-electron chi connectivity index (χ2n) is 2.31. The van der Waals surface area contributed by atoms with Crippen LogP contribution in [0.4, 0.5) is 0 Å². The summed E-state index contributed by atoms with van der Waals surface area (Å²) in [5.74, 6) is 0. The Balaban J connectivity index is 4.68. The molecule has 6 heteroatoms. The number of hydrogen-bond donors (Lipinski definition) is 3. The molecule has 0 aromatic heterocycles. The lowest BCUT2D eigenvalue weighted by Crippen LogP contribution is -2.46. The van der Waals surface area contributed by atoms with Gasteiger partial charge in [-0.1, -0.05) is 0 Å². The minimum atomic E-state index is -3.86. The monoisotopic (exact) mass is 169 g/mol. The number of hydrogen-bond acceptors (Lipinski definition) is 4. The maximum absolute atomic E-state index is 10.6. The molecule has 10 heavy (non-hydrogen) atoms. The molecular weight excluding hydrogens is 158 g/mol. The summed E-state index contributed by atoms with van der Waals surface area (Å²) in [5.41, 5.74) is 0. The summed E-state index contributed by atoms with van der Waals surface area (Å²) in [6, 6.07) is 0. The molecule has 0 saturated heterocycles. The molecule has 0 fully saturated rings. The Morgan fingerprint density at radius 3 is 1.70 bits per heavy atom. The fourth-order valence-corrected chi connectivity index (χ4v) is 0.590. The van der Waals surface area contributed by atoms with Gasteiger partial charge in [0.2, 0.25) is 10.0 Å². The molecular formula is C4H11NO4S. The van der Waals surface area contributed by atoms with E-state index in [1.165, 1.54) is 6.92 Å². The average molecular weight is 169 g/mol. The molecule has 0 aromatic rings. The quantitative estimate of drug-likeness (QED) is 0.455. The van der Waals surface area contributed by atoms with Crippen molar-refractivity contribution in [2.24, 2.45) is 5.14 Å². The first-order chi connectivity index (χ1) is 4.37. The third-order valence-corrected chi connectivity index (χ3v) is 2.99. The lowest BCUT2D eigenvalue weighted by molar-refractivity contribution is 0.176. The van der Waals surface area contributed by atoms with Gasteiger partial charge in [-0.2, -0.15) is 0 Å². The zero-order valence-corrected chi connectivity index (χ0v) is 6.43. The third kappa shape index (κ3) is 1.66. The standard InChI is InChI=1S/C4H11NO4S/c1-4(2-6,3-7)10(5,8)9/h6-7H,2-3H2,1H3,(H2,5,8,9). The smallest absolute Gasteiger partial charge is 0.219 e. The van der Waals surface area contributed by atoms with Crippen molar-refractivity contribution in [1.82, 2.24) is 0 Å². The Bertz CT molecular complexity index is 193. The number of aliphatic hydroxyl groups is 2. The van der Waals surface area contributed by atoms with Gasteiger partial charge in [0.1, 0.15) is 4.75 Å². The highest BCUT2D eigenvalue weighted by molar-refractivity contribution is 7.90. The van der Waals surface area contributed by atoms with Crippen molar-refractivity contribution in [2.75, 3.05) is 13.2 Å². The summed E-state index contributed by atoms with van der Waals surface area (Å²) >= 11 is 0. The zero-order chi connectivity index (χ0) is 8.41. The molecule has 0 spiro atoms. The summed E-state index contributed by atoms with van der Waals surface area (Å²) < 4.78 is 19.5. The van der Waals surface area contributed by atoms with Crippen molar-refractivity contribution in [3.63, 3.8) is 0 Å². The molecule has 0 unspecified atom stereocenters. The minimum Gasteiger partial charge on any atom is -0.395 e. The molecule has 4 N–H and O–H groups in total. The number of nitrogens with two attached hydrogens (primary N) is 1. The summed E-state index contributed by atoms with van der Waals surface area (Å²) in [4.78, 5) is 0. The van der Waals surface area contributed by atoms with Crippen LogP contribution in [0.2, 0.25) is 0 Å². The second kappa shape index (κ2) is 2.83. The maximum atomic E-state index is 10.6. The van der Waals surface area contributed by atoms with Gasteiger partial charge < -0.3 is 10.2 Å². The van der Waals surface area contributed by atoms with Gasteiger partial charge in [0.15, 0.2) is 0 Å². The number of sulfonamides is 1. The Labute approximate surface area is 59.5 Å². The SMILES string of the molecule is CC(CO)(CO)S(N)(=O)=O. The second-order valence-corrected chi connectivity index (χ2v) is 4.39. The summed E-state index contributed by atoms with van der Waals surface area (Å²) in [6.45, 7) is -0.187. The van der Waals surface area contributed by atoms with Crippen LogP contribution >= 0.6 is 0 Å². The highest BCUT2D eigenvalue weighted by Crippen LogP contribution is 2.10. The molecule has 0 atom stereocenters. The maximum Gasteiger partial charge on any atom is 0.219 e. The van der Waals surface area contributed by atoms with Gasteiger partial charge >= 0.3 is 0 Å². The molecule has 0 aliphatic heterocycles. The molecule has 0 aromatic carbocycles. The van der Waals surface area contributed by atoms with Crippen molar-refractivity contribution in [3.8, 4) is 0 Å². The van der Waals surface area contributed by atoms with Crippen molar-refractivity contribution in [3.05, 3.63) is 0 Å². The average Bonchev–Trinajstić information content (AvgIpc) is 1.84. The van der Waals surface area contributed by atoms with Gasteiger partial charge in [0, 0.05) is 0 Å². The van der Waals surface area contributed by atoms with Crippen LogP contribution in [0.3, 0.4) is 0 Å². The fraction of sp³-hybridized carbons (Fsp3) is 1.00. The molecule has 0 aliphatic carbocycles. The van der Waals surface area contributed by atoms with Crippen LogP contribution in [0.1, 0.15) is 6.92 Å². The van der Waals surface area contributed by atoms with E-state index in [1.807, 2.05) is 0 Å². The van der Waals surface area contributed by atoms with E-state index in [2.05, 4.69) is 5.14 Å². The van der Waals surface area contributed by atoms with Gasteiger partial charge in [-0.15, -0.1) is 0 Å². The van der Waals surface area contributed by atoms with E-state index in [4.69, 9.17) is 10.2 Å². The van der Waals surface area contributed by atoms with E-state index in [1.54, 1.807) is 0 Å². The molecule has 62 valence electrons. The Hall–Kier alpha value is -0.170. The molecule has 0 aliphatic rings. The molecule has 5 nitrogen and oxygen atoms in total. The first-order valence-electron chi connectivity index (χ1n) is 2.61. The van der Waals surface area contributed by atoms with Crippen molar-refractivity contribution < 1.29 is 18.6 Å². The zero-order valence-electron chi connectivity index (χ0n) is 5.61. The highest BCUT2D eigenvalue weighted by Gasteiger charge is 2.35. The van der Waals surface area contributed by atoms with Crippen molar-refractivity contribution >= 4 is 10.0 Å². The normalized spacial score (nSPS) is 13.6. The molecule has 0 saturated carbocycles. The number of primary sulfonamides is 1. The van der Waals surface area contributed by atoms with Crippen molar-refractivity contribution in [2.45, 2.75) is 11.7 Å². The first kappa shape index (κ1) is 9.83. The molecule has 0 bridgehead atoms. The van der Waals surface area contributed by atoms with Crippen LogP contribution in [0.15, 0.2) is 0 Å². The largest absolute Gasteiger partial charge is 0.395 e. The predicted molar refractivity (Wildman–Crippen MR) is 35.7 cm³/mol. The van der Waals surface area contributed by atoms with Crippen molar-refractivity contribution in [1.29, 1.82) is 0 Å². The van der Waals surface area contributed by atoms with Gasteiger partial charge in [-0.3, -0.25) is 0 Å². The van der Waals surface area contributed by atoms with E-state index >= 15 is 0 Å². The Kier molecular flexibility index (Phi) is 2.78. The predicted octanol–water partition coefficient (Wildman–Crippen LogP) is -1.98. The van der Waals surface area contributed by atoms with Crippen LogP contribution in [-0.2, 0) is 10.0 Å². The summed E-state index contributed by atoms with van der Waals surface area (Å²) in [5, 5.41) is 21.7. The van der Waals surface area contributed by atoms with Gasteiger partial charge in [-0.05, 0) is 6.92 Å². The minimum absolute atomic E-state index is 0.678. The topological polar surface area (TPSA) is 101 Å². The number of rotatable bonds is 3. The fourth-order valence-electron chi connectivity index (χ4n) is 0.230. The lowest BCUT2D eigenvalue weighted by atomic mass is 10.2. The van der Waals surface area contributed by atoms with Crippen LogP contribution < -0.4 is 5.14 Å². The lowest BCUT2D eigenvalue weighted by Gasteiger charge is -2.20. The van der Waals surface area contributed by atoms with E-state index in [-0.39, 0.29) is 0 Å². The highest BCUT2D eigenvalue weighted by atomic mass is 32.2. The first-order valence-corrected chi connectivity index (χ1v) is 4.16.